The first-order valence-electron chi connectivity index (χ1n) is 8.38. The number of hydrogen-bond donors (Lipinski definition) is 1. The maximum absolute atomic E-state index is 6.53. The van der Waals surface area contributed by atoms with Crippen molar-refractivity contribution in [1.82, 2.24) is 4.98 Å². The number of pyridine rings is 1. The molecule has 1 saturated carbocycles. The molecule has 0 amide bonds. The Bertz CT molecular complexity index is 368. The number of aromatic nitrogens is 1. The molecular formula is C18H30N2. The first-order valence-corrected chi connectivity index (χ1v) is 8.38. The third-order valence-corrected chi connectivity index (χ3v) is 5.13. The van der Waals surface area contributed by atoms with Gasteiger partial charge in [0.15, 0.2) is 0 Å². The smallest absolute Gasteiger partial charge is 0.0447 e. The Morgan fingerprint density at radius 1 is 1.25 bits per heavy atom. The van der Waals surface area contributed by atoms with Crippen LogP contribution in [0.1, 0.15) is 70.4 Å². The summed E-state index contributed by atoms with van der Waals surface area (Å²) in [6.45, 7) is 4.52. The molecule has 1 fully saturated rings. The van der Waals surface area contributed by atoms with Gasteiger partial charge in [-0.1, -0.05) is 52.0 Å². The summed E-state index contributed by atoms with van der Waals surface area (Å²) in [6.07, 6.45) is 11.4. The quantitative estimate of drug-likeness (QED) is 0.829. The lowest BCUT2D eigenvalue weighted by atomic mass is 9.74. The van der Waals surface area contributed by atoms with Crippen molar-refractivity contribution < 1.29 is 0 Å². The molecule has 2 rings (SSSR count). The Morgan fingerprint density at radius 2 is 2.00 bits per heavy atom. The molecule has 1 heterocycles. The SMILES string of the molecule is CCCCC1CCC(C(N)C(C)c2ccccn2)CC1. The molecule has 0 bridgehead atoms. The molecule has 0 radical (unpaired) electrons. The molecule has 1 aromatic heterocycles. The molecule has 0 aromatic carbocycles. The second-order valence-electron chi connectivity index (χ2n) is 6.54. The van der Waals surface area contributed by atoms with Gasteiger partial charge in [-0.25, -0.2) is 0 Å². The number of hydrogen-bond acceptors (Lipinski definition) is 2. The first-order chi connectivity index (χ1) is 9.72. The van der Waals surface area contributed by atoms with E-state index in [2.05, 4.69) is 31.0 Å². The fourth-order valence-electron chi connectivity index (χ4n) is 3.61. The minimum atomic E-state index is 0.261. The standard InChI is InChI=1S/C18H30N2/c1-3-4-7-15-9-11-16(12-10-15)18(19)14(2)17-8-5-6-13-20-17/h5-6,8,13-16,18H,3-4,7,9-12,19H2,1-2H3. The maximum atomic E-state index is 6.53. The molecule has 2 heteroatoms. The highest BCUT2D eigenvalue weighted by atomic mass is 14.7. The highest BCUT2D eigenvalue weighted by Crippen LogP contribution is 2.36. The summed E-state index contributed by atoms with van der Waals surface area (Å²) in [5.41, 5.74) is 7.68. The van der Waals surface area contributed by atoms with E-state index in [0.717, 1.165) is 11.6 Å². The summed E-state index contributed by atoms with van der Waals surface area (Å²) in [7, 11) is 0. The molecule has 0 aliphatic heterocycles. The van der Waals surface area contributed by atoms with E-state index in [9.17, 15) is 0 Å². The molecule has 1 aliphatic rings. The lowest BCUT2D eigenvalue weighted by Crippen LogP contribution is -2.37. The zero-order chi connectivity index (χ0) is 14.4. The van der Waals surface area contributed by atoms with Gasteiger partial charge >= 0.3 is 0 Å². The van der Waals surface area contributed by atoms with Crippen LogP contribution < -0.4 is 5.73 Å². The molecule has 0 saturated heterocycles. The third kappa shape index (κ3) is 4.05. The molecule has 2 N–H and O–H groups in total. The summed E-state index contributed by atoms with van der Waals surface area (Å²) in [5, 5.41) is 0. The van der Waals surface area contributed by atoms with E-state index < -0.39 is 0 Å². The van der Waals surface area contributed by atoms with Gasteiger partial charge in [-0.3, -0.25) is 4.98 Å². The van der Waals surface area contributed by atoms with Crippen LogP contribution in [0.5, 0.6) is 0 Å². The molecule has 2 atom stereocenters. The average molecular weight is 274 g/mol. The van der Waals surface area contributed by atoms with Crippen molar-refractivity contribution in [3.63, 3.8) is 0 Å². The summed E-state index contributed by atoms with van der Waals surface area (Å²) in [4.78, 5) is 4.47. The number of nitrogens with zero attached hydrogens (tertiary/aromatic N) is 1. The van der Waals surface area contributed by atoms with Gasteiger partial charge < -0.3 is 5.73 Å². The van der Waals surface area contributed by atoms with Crippen molar-refractivity contribution in [2.45, 2.75) is 70.8 Å². The zero-order valence-electron chi connectivity index (χ0n) is 13.1. The topological polar surface area (TPSA) is 38.9 Å². The molecule has 20 heavy (non-hydrogen) atoms. The van der Waals surface area contributed by atoms with Gasteiger partial charge in [0.1, 0.15) is 0 Å². The van der Waals surface area contributed by atoms with E-state index in [4.69, 9.17) is 5.73 Å². The molecule has 0 spiro atoms. The minimum absolute atomic E-state index is 0.261. The Hall–Kier alpha value is -0.890. The van der Waals surface area contributed by atoms with Gasteiger partial charge in [0.05, 0.1) is 0 Å². The van der Waals surface area contributed by atoms with Crippen molar-refractivity contribution in [2.24, 2.45) is 17.6 Å². The lowest BCUT2D eigenvalue weighted by molar-refractivity contribution is 0.219. The first kappa shape index (κ1) is 15.5. The van der Waals surface area contributed by atoms with Crippen LogP contribution in [0.2, 0.25) is 0 Å². The lowest BCUT2D eigenvalue weighted by Gasteiger charge is -2.34. The van der Waals surface area contributed by atoms with Gasteiger partial charge in [-0.05, 0) is 36.8 Å². The molecule has 1 aromatic rings. The van der Waals surface area contributed by atoms with Crippen LogP contribution in [0.3, 0.4) is 0 Å². The van der Waals surface area contributed by atoms with Gasteiger partial charge in [0.25, 0.3) is 0 Å². The monoisotopic (exact) mass is 274 g/mol. The van der Waals surface area contributed by atoms with Gasteiger partial charge in [0, 0.05) is 23.9 Å². The van der Waals surface area contributed by atoms with E-state index in [-0.39, 0.29) is 6.04 Å². The second-order valence-corrected chi connectivity index (χ2v) is 6.54. The van der Waals surface area contributed by atoms with Gasteiger partial charge in [-0.15, -0.1) is 0 Å². The second kappa shape index (κ2) is 7.78. The summed E-state index contributed by atoms with van der Waals surface area (Å²) < 4.78 is 0. The van der Waals surface area contributed by atoms with E-state index >= 15 is 0 Å². The predicted molar refractivity (Wildman–Crippen MR) is 85.6 cm³/mol. The molecule has 1 aliphatic carbocycles. The fraction of sp³-hybridized carbons (Fsp3) is 0.722. The van der Waals surface area contributed by atoms with Crippen molar-refractivity contribution in [1.29, 1.82) is 0 Å². The minimum Gasteiger partial charge on any atom is -0.327 e. The third-order valence-electron chi connectivity index (χ3n) is 5.13. The van der Waals surface area contributed by atoms with Crippen LogP contribution in [-0.2, 0) is 0 Å². The van der Waals surface area contributed by atoms with Crippen molar-refractivity contribution >= 4 is 0 Å². The van der Waals surface area contributed by atoms with Crippen molar-refractivity contribution in [2.75, 3.05) is 0 Å². The molecule has 2 nitrogen and oxygen atoms in total. The Balaban J connectivity index is 1.84. The van der Waals surface area contributed by atoms with E-state index in [1.165, 1.54) is 44.9 Å². The summed E-state index contributed by atoms with van der Waals surface area (Å²) >= 11 is 0. The Morgan fingerprint density at radius 3 is 2.60 bits per heavy atom. The zero-order valence-corrected chi connectivity index (χ0v) is 13.1. The molecule has 2 unspecified atom stereocenters. The van der Waals surface area contributed by atoms with Crippen LogP contribution in [0, 0.1) is 11.8 Å². The molecular weight excluding hydrogens is 244 g/mol. The fourth-order valence-corrected chi connectivity index (χ4v) is 3.61. The van der Waals surface area contributed by atoms with Gasteiger partial charge in [0.2, 0.25) is 0 Å². The largest absolute Gasteiger partial charge is 0.327 e. The maximum Gasteiger partial charge on any atom is 0.0447 e. The van der Waals surface area contributed by atoms with Gasteiger partial charge in [-0.2, -0.15) is 0 Å². The average Bonchev–Trinajstić information content (AvgIpc) is 2.53. The Kier molecular flexibility index (Phi) is 6.03. The summed E-state index contributed by atoms with van der Waals surface area (Å²) in [5.74, 6) is 2.02. The highest BCUT2D eigenvalue weighted by molar-refractivity contribution is 5.11. The predicted octanol–water partition coefficient (Wildman–Crippen LogP) is 4.51. The number of unbranched alkanes of at least 4 members (excludes halogenated alkanes) is 1. The van der Waals surface area contributed by atoms with Crippen molar-refractivity contribution in [3.05, 3.63) is 30.1 Å². The van der Waals surface area contributed by atoms with Crippen LogP contribution in [0.15, 0.2) is 24.4 Å². The van der Waals surface area contributed by atoms with Crippen LogP contribution >= 0.6 is 0 Å². The van der Waals surface area contributed by atoms with E-state index in [1.807, 2.05) is 12.3 Å². The molecule has 112 valence electrons. The van der Waals surface area contributed by atoms with Crippen LogP contribution in [-0.4, -0.2) is 11.0 Å². The van der Waals surface area contributed by atoms with Crippen LogP contribution in [0.4, 0.5) is 0 Å². The van der Waals surface area contributed by atoms with E-state index in [1.54, 1.807) is 0 Å². The number of rotatable bonds is 6. The summed E-state index contributed by atoms with van der Waals surface area (Å²) in [6, 6.07) is 6.41. The normalized spacial score (nSPS) is 26.1. The Labute approximate surface area is 124 Å². The van der Waals surface area contributed by atoms with Crippen molar-refractivity contribution in [3.8, 4) is 0 Å². The van der Waals surface area contributed by atoms with Crippen LogP contribution in [0.25, 0.3) is 0 Å². The highest BCUT2D eigenvalue weighted by Gasteiger charge is 2.29. The number of nitrogens with two attached hydrogens (primary N) is 1. The van der Waals surface area contributed by atoms with E-state index in [0.29, 0.717) is 11.8 Å².